The number of benzene rings is 1. The van der Waals surface area contributed by atoms with Gasteiger partial charge in [0.1, 0.15) is 4.90 Å². The van der Waals surface area contributed by atoms with Gasteiger partial charge in [-0.25, -0.2) is 8.42 Å². The first-order valence-corrected chi connectivity index (χ1v) is 8.70. The van der Waals surface area contributed by atoms with Crippen molar-refractivity contribution in [1.82, 2.24) is 4.31 Å². The lowest BCUT2D eigenvalue weighted by molar-refractivity contribution is 0.421. The first-order chi connectivity index (χ1) is 8.91. The zero-order valence-electron chi connectivity index (χ0n) is 10.4. The molecule has 1 fully saturated rings. The van der Waals surface area contributed by atoms with Gasteiger partial charge in [0.15, 0.2) is 0 Å². The second-order valence-electron chi connectivity index (χ2n) is 4.45. The Balaban J connectivity index is 2.50. The topological polar surface area (TPSA) is 37.4 Å². The Hall–Kier alpha value is -0.000000000000000111. The third-order valence-corrected chi connectivity index (χ3v) is 6.23. The van der Waals surface area contributed by atoms with Gasteiger partial charge in [0.05, 0.1) is 5.02 Å². The lowest BCUT2D eigenvalue weighted by Gasteiger charge is -2.21. The van der Waals surface area contributed by atoms with Crippen molar-refractivity contribution in [2.24, 2.45) is 0 Å². The maximum Gasteiger partial charge on any atom is 0.244 e. The summed E-state index contributed by atoms with van der Waals surface area (Å²) in [6.45, 7) is 2.25. The number of hydrogen-bond acceptors (Lipinski definition) is 2. The standard InChI is InChI=1S/C12H14Cl3NO2S/c1-2-16(9-3-4-9)19(17,18)12-5-8(7-13)10(14)6-11(12)15/h5-6,9H,2-4,7H2,1H3. The summed E-state index contributed by atoms with van der Waals surface area (Å²) in [6, 6.07) is 3.01. The Labute approximate surface area is 128 Å². The number of nitrogens with zero attached hydrogens (tertiary/aromatic N) is 1. The number of alkyl halides is 1. The fourth-order valence-electron chi connectivity index (χ4n) is 1.98. The van der Waals surface area contributed by atoms with Crippen LogP contribution in [0.2, 0.25) is 10.0 Å². The van der Waals surface area contributed by atoms with E-state index in [9.17, 15) is 8.42 Å². The summed E-state index contributed by atoms with van der Waals surface area (Å²) in [7, 11) is -3.58. The third kappa shape index (κ3) is 3.03. The highest BCUT2D eigenvalue weighted by atomic mass is 35.5. The molecule has 1 saturated carbocycles. The first-order valence-electron chi connectivity index (χ1n) is 5.97. The predicted octanol–water partition coefficient (Wildman–Crippen LogP) is 3.91. The van der Waals surface area contributed by atoms with E-state index >= 15 is 0 Å². The van der Waals surface area contributed by atoms with E-state index in [1.165, 1.54) is 16.4 Å². The molecule has 1 aromatic carbocycles. The number of sulfonamides is 1. The van der Waals surface area contributed by atoms with E-state index < -0.39 is 10.0 Å². The van der Waals surface area contributed by atoms with Crippen LogP contribution in [0, 0.1) is 0 Å². The van der Waals surface area contributed by atoms with Crippen LogP contribution in [0.3, 0.4) is 0 Å². The van der Waals surface area contributed by atoms with Crippen molar-refractivity contribution in [1.29, 1.82) is 0 Å². The Kier molecular flexibility index (Phi) is 4.68. The van der Waals surface area contributed by atoms with Gasteiger partial charge in [-0.2, -0.15) is 4.31 Å². The SMILES string of the molecule is CCN(C1CC1)S(=O)(=O)c1cc(CCl)c(Cl)cc1Cl. The Morgan fingerprint density at radius 1 is 1.26 bits per heavy atom. The van der Waals surface area contributed by atoms with Crippen LogP contribution in [-0.4, -0.2) is 25.3 Å². The second-order valence-corrected chi connectivity index (χ2v) is 7.39. The molecule has 0 atom stereocenters. The Morgan fingerprint density at radius 3 is 2.37 bits per heavy atom. The lowest BCUT2D eigenvalue weighted by Crippen LogP contribution is -2.33. The van der Waals surface area contributed by atoms with Crippen molar-refractivity contribution in [3.05, 3.63) is 27.7 Å². The molecule has 0 aliphatic heterocycles. The van der Waals surface area contributed by atoms with Gasteiger partial charge < -0.3 is 0 Å². The summed E-state index contributed by atoms with van der Waals surface area (Å²) in [5, 5.41) is 0.520. The fraction of sp³-hybridized carbons (Fsp3) is 0.500. The molecule has 0 saturated heterocycles. The van der Waals surface area contributed by atoms with Crippen LogP contribution in [-0.2, 0) is 15.9 Å². The van der Waals surface area contributed by atoms with Crippen molar-refractivity contribution in [3.63, 3.8) is 0 Å². The summed E-state index contributed by atoms with van der Waals surface area (Å²) >= 11 is 17.8. The number of rotatable bonds is 5. The summed E-state index contributed by atoms with van der Waals surface area (Å²) in [5.41, 5.74) is 0.568. The molecule has 1 aliphatic rings. The van der Waals surface area contributed by atoms with Gasteiger partial charge in [0.25, 0.3) is 0 Å². The van der Waals surface area contributed by atoms with Crippen molar-refractivity contribution in [2.45, 2.75) is 36.6 Å². The molecule has 0 unspecified atom stereocenters. The maximum absolute atomic E-state index is 12.6. The molecule has 3 nitrogen and oxygen atoms in total. The van der Waals surface area contributed by atoms with Crippen molar-refractivity contribution < 1.29 is 8.42 Å². The van der Waals surface area contributed by atoms with E-state index in [-0.39, 0.29) is 21.8 Å². The zero-order chi connectivity index (χ0) is 14.2. The zero-order valence-corrected chi connectivity index (χ0v) is 13.5. The average molecular weight is 343 g/mol. The third-order valence-electron chi connectivity index (χ3n) is 3.10. The van der Waals surface area contributed by atoms with E-state index in [4.69, 9.17) is 34.8 Å². The minimum Gasteiger partial charge on any atom is -0.207 e. The minimum absolute atomic E-state index is 0.0861. The number of hydrogen-bond donors (Lipinski definition) is 0. The lowest BCUT2D eigenvalue weighted by atomic mass is 10.2. The van der Waals surface area contributed by atoms with Crippen molar-refractivity contribution >= 4 is 44.8 Å². The summed E-state index contributed by atoms with van der Waals surface area (Å²) in [6.07, 6.45) is 1.81. The Bertz CT molecular complexity index is 585. The fourth-order valence-corrected chi connectivity index (χ4v) is 4.81. The van der Waals surface area contributed by atoms with Crippen molar-refractivity contribution in [3.8, 4) is 0 Å². The highest BCUT2D eigenvalue weighted by Gasteiger charge is 2.38. The van der Waals surface area contributed by atoms with Crippen LogP contribution >= 0.6 is 34.8 Å². The molecule has 0 spiro atoms. The maximum atomic E-state index is 12.6. The molecule has 106 valence electrons. The summed E-state index contributed by atoms with van der Waals surface area (Å²) in [4.78, 5) is 0.0861. The van der Waals surface area contributed by atoms with Crippen LogP contribution in [0.4, 0.5) is 0 Å². The molecule has 1 aliphatic carbocycles. The number of halogens is 3. The molecule has 0 heterocycles. The largest absolute Gasteiger partial charge is 0.244 e. The highest BCUT2D eigenvalue weighted by molar-refractivity contribution is 7.89. The molecule has 0 amide bonds. The van der Waals surface area contributed by atoms with E-state index in [1.807, 2.05) is 6.92 Å². The average Bonchev–Trinajstić information content (AvgIpc) is 3.13. The molecule has 2 rings (SSSR count). The van der Waals surface area contributed by atoms with Gasteiger partial charge in [0, 0.05) is 23.5 Å². The van der Waals surface area contributed by atoms with Crippen LogP contribution in [0.15, 0.2) is 17.0 Å². The van der Waals surface area contributed by atoms with Gasteiger partial charge >= 0.3 is 0 Å². The normalized spacial score (nSPS) is 16.1. The predicted molar refractivity (Wildman–Crippen MR) is 78.6 cm³/mol. The molecule has 7 heteroatoms. The van der Waals surface area contributed by atoms with Gasteiger partial charge in [-0.3, -0.25) is 0 Å². The summed E-state index contributed by atoms with van der Waals surface area (Å²) < 4.78 is 26.7. The molecular weight excluding hydrogens is 329 g/mol. The smallest absolute Gasteiger partial charge is 0.207 e. The van der Waals surface area contributed by atoms with E-state index in [0.717, 1.165) is 12.8 Å². The van der Waals surface area contributed by atoms with Crippen LogP contribution < -0.4 is 0 Å². The van der Waals surface area contributed by atoms with Crippen LogP contribution in [0.5, 0.6) is 0 Å². The molecule has 0 aromatic heterocycles. The van der Waals surface area contributed by atoms with E-state index in [0.29, 0.717) is 17.1 Å². The van der Waals surface area contributed by atoms with Gasteiger partial charge in [-0.15, -0.1) is 11.6 Å². The minimum atomic E-state index is -3.58. The molecule has 1 aromatic rings. The van der Waals surface area contributed by atoms with E-state index in [1.54, 1.807) is 0 Å². The monoisotopic (exact) mass is 341 g/mol. The van der Waals surface area contributed by atoms with E-state index in [2.05, 4.69) is 0 Å². The molecule has 19 heavy (non-hydrogen) atoms. The highest BCUT2D eigenvalue weighted by Crippen LogP contribution is 2.36. The summed E-state index contributed by atoms with van der Waals surface area (Å²) in [5.74, 6) is 0.147. The van der Waals surface area contributed by atoms with Gasteiger partial charge in [0.2, 0.25) is 10.0 Å². The van der Waals surface area contributed by atoms with Gasteiger partial charge in [-0.05, 0) is 30.5 Å². The first kappa shape index (κ1) is 15.4. The second kappa shape index (κ2) is 5.78. The quantitative estimate of drug-likeness (QED) is 0.761. The molecular formula is C12H14Cl3NO2S. The molecule has 0 N–H and O–H groups in total. The molecule has 0 bridgehead atoms. The Morgan fingerprint density at radius 2 is 1.89 bits per heavy atom. The van der Waals surface area contributed by atoms with Gasteiger partial charge in [-0.1, -0.05) is 30.1 Å². The van der Waals surface area contributed by atoms with Crippen LogP contribution in [0.25, 0.3) is 0 Å². The van der Waals surface area contributed by atoms with Crippen molar-refractivity contribution in [2.75, 3.05) is 6.54 Å². The molecule has 0 radical (unpaired) electrons. The van der Waals surface area contributed by atoms with Crippen LogP contribution in [0.1, 0.15) is 25.3 Å².